The normalized spacial score (nSPS) is 23.9. The Morgan fingerprint density at radius 2 is 2.19 bits per heavy atom. The molecule has 1 aliphatic carbocycles. The Morgan fingerprint density at radius 3 is 2.69 bits per heavy atom. The van der Waals surface area contributed by atoms with E-state index in [0.29, 0.717) is 11.5 Å². The minimum absolute atomic E-state index is 0.457. The lowest BCUT2D eigenvalue weighted by molar-refractivity contribution is 0.282. The van der Waals surface area contributed by atoms with Crippen LogP contribution in [0.4, 0.5) is 0 Å². The molecule has 2 rings (SSSR count). The molecule has 1 aliphatic rings. The fourth-order valence-corrected chi connectivity index (χ4v) is 3.50. The Kier molecular flexibility index (Phi) is 3.36. The van der Waals surface area contributed by atoms with Gasteiger partial charge in [0.2, 0.25) is 0 Å². The summed E-state index contributed by atoms with van der Waals surface area (Å²) in [6, 6.07) is 0.661. The van der Waals surface area contributed by atoms with Crippen LogP contribution >= 0.6 is 11.3 Å². The zero-order valence-electron chi connectivity index (χ0n) is 10.8. The largest absolute Gasteiger partial charge is 0.308 e. The van der Waals surface area contributed by atoms with E-state index in [9.17, 15) is 0 Å². The molecule has 0 spiro atoms. The number of nitrogens with zero attached hydrogens (tertiary/aromatic N) is 1. The molecule has 0 bridgehead atoms. The van der Waals surface area contributed by atoms with Crippen LogP contribution in [0.3, 0.4) is 0 Å². The predicted octanol–water partition coefficient (Wildman–Crippen LogP) is 3.43. The summed E-state index contributed by atoms with van der Waals surface area (Å²) in [5.41, 5.74) is 1.70. The molecule has 0 aromatic carbocycles. The van der Waals surface area contributed by atoms with Crippen LogP contribution in [0.2, 0.25) is 0 Å². The zero-order valence-corrected chi connectivity index (χ0v) is 11.6. The number of nitrogens with one attached hydrogen (secondary N) is 1. The molecule has 1 aromatic rings. The van der Waals surface area contributed by atoms with Gasteiger partial charge in [0.05, 0.1) is 10.7 Å². The Labute approximate surface area is 102 Å². The van der Waals surface area contributed by atoms with Crippen LogP contribution in [0.1, 0.15) is 48.7 Å². The Hall–Kier alpha value is -0.410. The van der Waals surface area contributed by atoms with Crippen molar-refractivity contribution in [1.82, 2.24) is 10.3 Å². The highest BCUT2D eigenvalue weighted by atomic mass is 32.1. The van der Waals surface area contributed by atoms with Gasteiger partial charge in [0.25, 0.3) is 0 Å². The van der Waals surface area contributed by atoms with E-state index in [2.05, 4.69) is 38.0 Å². The number of rotatable bonds is 3. The van der Waals surface area contributed by atoms with Gasteiger partial charge >= 0.3 is 0 Å². The second-order valence-electron chi connectivity index (χ2n) is 5.55. The minimum Gasteiger partial charge on any atom is -0.308 e. The second kappa shape index (κ2) is 4.46. The van der Waals surface area contributed by atoms with E-state index in [1.54, 1.807) is 11.3 Å². The lowest BCUT2D eigenvalue weighted by Crippen LogP contribution is -2.37. The molecule has 1 aromatic heterocycles. The third-order valence-electron chi connectivity index (χ3n) is 3.77. The lowest BCUT2D eigenvalue weighted by Gasteiger charge is -2.27. The molecule has 0 radical (unpaired) electrons. The molecule has 0 saturated heterocycles. The fraction of sp³-hybridized carbons (Fsp3) is 0.769. The third kappa shape index (κ3) is 2.46. The highest BCUT2D eigenvalue weighted by molar-refractivity contribution is 7.11. The van der Waals surface area contributed by atoms with Crippen molar-refractivity contribution in [3.05, 3.63) is 15.6 Å². The first-order chi connectivity index (χ1) is 7.49. The average Bonchev–Trinajstić information content (AvgIpc) is 2.66. The van der Waals surface area contributed by atoms with Crippen LogP contribution in [0.15, 0.2) is 0 Å². The van der Waals surface area contributed by atoms with Gasteiger partial charge in [0.1, 0.15) is 0 Å². The first-order valence-electron chi connectivity index (χ1n) is 6.15. The molecule has 1 N–H and O–H groups in total. The number of hydrogen-bond acceptors (Lipinski definition) is 3. The maximum absolute atomic E-state index is 4.57. The Morgan fingerprint density at radius 1 is 1.44 bits per heavy atom. The first kappa shape index (κ1) is 12.1. The maximum atomic E-state index is 4.57. The number of aromatic nitrogens is 1. The molecule has 16 heavy (non-hydrogen) atoms. The van der Waals surface area contributed by atoms with Gasteiger partial charge < -0.3 is 5.32 Å². The van der Waals surface area contributed by atoms with Crippen molar-refractivity contribution in [3.63, 3.8) is 0 Å². The van der Waals surface area contributed by atoms with Crippen molar-refractivity contribution in [2.75, 3.05) is 0 Å². The van der Waals surface area contributed by atoms with Gasteiger partial charge in [0, 0.05) is 17.5 Å². The van der Waals surface area contributed by atoms with E-state index >= 15 is 0 Å². The van der Waals surface area contributed by atoms with E-state index in [0.717, 1.165) is 6.54 Å². The van der Waals surface area contributed by atoms with Crippen molar-refractivity contribution < 1.29 is 0 Å². The second-order valence-corrected chi connectivity index (χ2v) is 6.96. The summed E-state index contributed by atoms with van der Waals surface area (Å²) in [5, 5.41) is 4.87. The summed E-state index contributed by atoms with van der Waals surface area (Å²) in [4.78, 5) is 5.94. The van der Waals surface area contributed by atoms with Crippen LogP contribution in [-0.4, -0.2) is 11.0 Å². The molecule has 1 atom stereocenters. The fourth-order valence-electron chi connectivity index (χ4n) is 2.66. The highest BCUT2D eigenvalue weighted by Crippen LogP contribution is 2.37. The molecule has 1 heterocycles. The van der Waals surface area contributed by atoms with E-state index in [1.165, 1.54) is 34.8 Å². The van der Waals surface area contributed by atoms with Crippen molar-refractivity contribution in [2.24, 2.45) is 5.41 Å². The monoisotopic (exact) mass is 238 g/mol. The van der Waals surface area contributed by atoms with Gasteiger partial charge in [-0.2, -0.15) is 0 Å². The van der Waals surface area contributed by atoms with Crippen LogP contribution in [0.5, 0.6) is 0 Å². The van der Waals surface area contributed by atoms with Gasteiger partial charge in [-0.25, -0.2) is 4.98 Å². The van der Waals surface area contributed by atoms with Crippen molar-refractivity contribution in [2.45, 2.75) is 59.5 Å². The summed E-state index contributed by atoms with van der Waals surface area (Å²) in [7, 11) is 0. The summed E-state index contributed by atoms with van der Waals surface area (Å²) in [5.74, 6) is 0. The topological polar surface area (TPSA) is 24.9 Å². The SMILES string of the molecule is Cc1nc(CNC2CCCC2(C)C)c(C)s1. The lowest BCUT2D eigenvalue weighted by atomic mass is 9.87. The molecule has 0 aliphatic heterocycles. The van der Waals surface area contributed by atoms with Gasteiger partial charge in [-0.1, -0.05) is 20.3 Å². The molecular formula is C13H22N2S. The minimum atomic E-state index is 0.457. The third-order valence-corrected chi connectivity index (χ3v) is 4.70. The van der Waals surface area contributed by atoms with E-state index < -0.39 is 0 Å². The predicted molar refractivity (Wildman–Crippen MR) is 69.8 cm³/mol. The summed E-state index contributed by atoms with van der Waals surface area (Å²) < 4.78 is 0. The summed E-state index contributed by atoms with van der Waals surface area (Å²) >= 11 is 1.80. The zero-order chi connectivity index (χ0) is 11.8. The Bertz CT molecular complexity index is 368. The van der Waals surface area contributed by atoms with Crippen LogP contribution in [0.25, 0.3) is 0 Å². The van der Waals surface area contributed by atoms with Crippen LogP contribution in [0, 0.1) is 19.3 Å². The molecule has 1 saturated carbocycles. The molecule has 3 heteroatoms. The van der Waals surface area contributed by atoms with Crippen molar-refractivity contribution in [1.29, 1.82) is 0 Å². The number of thiazole rings is 1. The molecule has 2 nitrogen and oxygen atoms in total. The quantitative estimate of drug-likeness (QED) is 0.872. The molecule has 90 valence electrons. The number of aryl methyl sites for hydroxylation is 2. The average molecular weight is 238 g/mol. The van der Waals surface area contributed by atoms with Gasteiger partial charge in [-0.05, 0) is 32.1 Å². The van der Waals surface area contributed by atoms with Gasteiger partial charge in [0.15, 0.2) is 0 Å². The van der Waals surface area contributed by atoms with E-state index in [-0.39, 0.29) is 0 Å². The van der Waals surface area contributed by atoms with Crippen molar-refractivity contribution >= 4 is 11.3 Å². The van der Waals surface area contributed by atoms with E-state index in [1.807, 2.05) is 0 Å². The highest BCUT2D eigenvalue weighted by Gasteiger charge is 2.33. The Balaban J connectivity index is 1.95. The first-order valence-corrected chi connectivity index (χ1v) is 6.97. The number of hydrogen-bond donors (Lipinski definition) is 1. The van der Waals surface area contributed by atoms with E-state index in [4.69, 9.17) is 0 Å². The smallest absolute Gasteiger partial charge is 0.0900 e. The summed E-state index contributed by atoms with van der Waals surface area (Å²) in [6.45, 7) is 9.93. The van der Waals surface area contributed by atoms with Crippen LogP contribution < -0.4 is 5.32 Å². The molecule has 0 amide bonds. The standard InChI is InChI=1S/C13H22N2S/c1-9-11(15-10(2)16-9)8-14-12-6-5-7-13(12,3)4/h12,14H,5-8H2,1-4H3. The van der Waals surface area contributed by atoms with Gasteiger partial charge in [-0.3, -0.25) is 0 Å². The molecular weight excluding hydrogens is 216 g/mol. The van der Waals surface area contributed by atoms with Crippen LogP contribution in [-0.2, 0) is 6.54 Å². The summed E-state index contributed by atoms with van der Waals surface area (Å²) in [6.07, 6.45) is 4.02. The molecule has 1 fully saturated rings. The maximum Gasteiger partial charge on any atom is 0.0900 e. The van der Waals surface area contributed by atoms with Crippen molar-refractivity contribution in [3.8, 4) is 0 Å². The molecule has 1 unspecified atom stereocenters. The van der Waals surface area contributed by atoms with Gasteiger partial charge in [-0.15, -0.1) is 11.3 Å².